The summed E-state index contributed by atoms with van der Waals surface area (Å²) in [6.07, 6.45) is 0. The first kappa shape index (κ1) is 16.4. The SMILES string of the molecule is NC(=O)[C@H](NC(=O)c1ccc(-c2ccc(F)cc2)o1)c1ccccc1. The molecule has 0 aliphatic carbocycles. The zero-order valence-corrected chi connectivity index (χ0v) is 13.1. The van der Waals surface area contributed by atoms with Gasteiger partial charge in [0.1, 0.15) is 17.6 Å². The van der Waals surface area contributed by atoms with E-state index in [1.165, 1.54) is 18.2 Å². The molecular weight excluding hydrogens is 323 g/mol. The lowest BCUT2D eigenvalue weighted by atomic mass is 10.1. The molecule has 0 saturated heterocycles. The molecule has 0 fully saturated rings. The van der Waals surface area contributed by atoms with Crippen molar-refractivity contribution in [3.05, 3.63) is 83.9 Å². The molecule has 0 radical (unpaired) electrons. The second kappa shape index (κ2) is 7.00. The van der Waals surface area contributed by atoms with Gasteiger partial charge in [0.25, 0.3) is 5.91 Å². The van der Waals surface area contributed by atoms with E-state index in [2.05, 4.69) is 5.32 Å². The summed E-state index contributed by atoms with van der Waals surface area (Å²) < 4.78 is 18.5. The highest BCUT2D eigenvalue weighted by Crippen LogP contribution is 2.23. The monoisotopic (exact) mass is 338 g/mol. The molecule has 5 nitrogen and oxygen atoms in total. The summed E-state index contributed by atoms with van der Waals surface area (Å²) in [4.78, 5) is 24.0. The van der Waals surface area contributed by atoms with E-state index >= 15 is 0 Å². The predicted molar refractivity (Wildman–Crippen MR) is 89.9 cm³/mol. The number of primary amides is 1. The third-order valence-electron chi connectivity index (χ3n) is 3.65. The molecule has 6 heteroatoms. The quantitative estimate of drug-likeness (QED) is 0.750. The molecule has 0 bridgehead atoms. The van der Waals surface area contributed by atoms with Crippen LogP contribution in [0.25, 0.3) is 11.3 Å². The summed E-state index contributed by atoms with van der Waals surface area (Å²) in [6.45, 7) is 0. The van der Waals surface area contributed by atoms with Gasteiger partial charge < -0.3 is 15.5 Å². The Kier molecular flexibility index (Phi) is 4.61. The van der Waals surface area contributed by atoms with Crippen LogP contribution in [0.3, 0.4) is 0 Å². The summed E-state index contributed by atoms with van der Waals surface area (Å²) in [5.41, 5.74) is 6.60. The number of amides is 2. The summed E-state index contributed by atoms with van der Waals surface area (Å²) in [6, 6.07) is 16.5. The number of carbonyl (C=O) groups excluding carboxylic acids is 2. The molecule has 1 heterocycles. The molecule has 3 aromatic rings. The van der Waals surface area contributed by atoms with Crippen molar-refractivity contribution in [3.63, 3.8) is 0 Å². The Bertz CT molecular complexity index is 889. The third-order valence-corrected chi connectivity index (χ3v) is 3.65. The fraction of sp³-hybridized carbons (Fsp3) is 0.0526. The summed E-state index contributed by atoms with van der Waals surface area (Å²) >= 11 is 0. The number of benzene rings is 2. The summed E-state index contributed by atoms with van der Waals surface area (Å²) in [7, 11) is 0. The third kappa shape index (κ3) is 3.74. The van der Waals surface area contributed by atoms with E-state index in [0.29, 0.717) is 16.9 Å². The van der Waals surface area contributed by atoms with Crippen LogP contribution in [-0.4, -0.2) is 11.8 Å². The van der Waals surface area contributed by atoms with Crippen molar-refractivity contribution in [1.29, 1.82) is 0 Å². The topological polar surface area (TPSA) is 85.3 Å². The van der Waals surface area contributed by atoms with Crippen molar-refractivity contribution >= 4 is 11.8 Å². The second-order valence-corrected chi connectivity index (χ2v) is 5.39. The van der Waals surface area contributed by atoms with Crippen LogP contribution >= 0.6 is 0 Å². The Balaban J connectivity index is 1.79. The Labute approximate surface area is 143 Å². The lowest BCUT2D eigenvalue weighted by Gasteiger charge is -2.14. The smallest absolute Gasteiger partial charge is 0.287 e. The summed E-state index contributed by atoms with van der Waals surface area (Å²) in [5, 5.41) is 2.56. The molecule has 25 heavy (non-hydrogen) atoms. The van der Waals surface area contributed by atoms with Crippen molar-refractivity contribution in [2.45, 2.75) is 6.04 Å². The average Bonchev–Trinajstić information content (AvgIpc) is 3.11. The van der Waals surface area contributed by atoms with Gasteiger partial charge in [-0.05, 0) is 42.0 Å². The fourth-order valence-electron chi connectivity index (χ4n) is 2.40. The molecule has 126 valence electrons. The lowest BCUT2D eigenvalue weighted by Crippen LogP contribution is -2.37. The minimum atomic E-state index is -0.965. The van der Waals surface area contributed by atoms with E-state index in [0.717, 1.165) is 0 Å². The molecule has 0 aliphatic rings. The maximum absolute atomic E-state index is 13.0. The van der Waals surface area contributed by atoms with Crippen molar-refractivity contribution < 1.29 is 18.4 Å². The zero-order valence-electron chi connectivity index (χ0n) is 13.1. The number of nitrogens with two attached hydrogens (primary N) is 1. The first-order valence-corrected chi connectivity index (χ1v) is 7.55. The van der Waals surface area contributed by atoms with Gasteiger partial charge in [-0.25, -0.2) is 4.39 Å². The van der Waals surface area contributed by atoms with Crippen LogP contribution in [0.1, 0.15) is 22.2 Å². The number of hydrogen-bond acceptors (Lipinski definition) is 3. The lowest BCUT2D eigenvalue weighted by molar-refractivity contribution is -0.120. The van der Waals surface area contributed by atoms with Gasteiger partial charge in [0.15, 0.2) is 5.76 Å². The molecule has 0 saturated carbocycles. The minimum Gasteiger partial charge on any atom is -0.451 e. The number of nitrogens with one attached hydrogen (secondary N) is 1. The van der Waals surface area contributed by atoms with Gasteiger partial charge >= 0.3 is 0 Å². The summed E-state index contributed by atoms with van der Waals surface area (Å²) in [5.74, 6) is -1.16. The van der Waals surface area contributed by atoms with Crippen LogP contribution < -0.4 is 11.1 Å². The van der Waals surface area contributed by atoms with Crippen molar-refractivity contribution in [2.24, 2.45) is 5.73 Å². The molecule has 2 aromatic carbocycles. The van der Waals surface area contributed by atoms with E-state index in [-0.39, 0.29) is 11.6 Å². The Hall–Kier alpha value is -3.41. The van der Waals surface area contributed by atoms with Crippen molar-refractivity contribution in [3.8, 4) is 11.3 Å². The first-order chi connectivity index (χ1) is 12.0. The highest BCUT2D eigenvalue weighted by atomic mass is 19.1. The van der Waals surface area contributed by atoms with Gasteiger partial charge in [0, 0.05) is 5.56 Å². The largest absolute Gasteiger partial charge is 0.451 e. The van der Waals surface area contributed by atoms with Gasteiger partial charge in [-0.3, -0.25) is 9.59 Å². The predicted octanol–water partition coefficient (Wildman–Crippen LogP) is 3.04. The Morgan fingerprint density at radius 1 is 0.960 bits per heavy atom. The highest BCUT2D eigenvalue weighted by molar-refractivity contribution is 5.96. The van der Waals surface area contributed by atoms with Gasteiger partial charge in [-0.2, -0.15) is 0 Å². The van der Waals surface area contributed by atoms with E-state index < -0.39 is 17.9 Å². The number of furan rings is 1. The average molecular weight is 338 g/mol. The Morgan fingerprint density at radius 2 is 1.64 bits per heavy atom. The van der Waals surface area contributed by atoms with E-state index in [9.17, 15) is 14.0 Å². The maximum atomic E-state index is 13.0. The van der Waals surface area contributed by atoms with Gasteiger partial charge in [-0.15, -0.1) is 0 Å². The van der Waals surface area contributed by atoms with Crippen LogP contribution in [0.4, 0.5) is 4.39 Å². The fourth-order valence-corrected chi connectivity index (χ4v) is 2.40. The van der Waals surface area contributed by atoms with E-state index in [1.54, 1.807) is 48.5 Å². The molecular formula is C19H15FN2O3. The molecule has 1 atom stereocenters. The molecule has 0 spiro atoms. The first-order valence-electron chi connectivity index (χ1n) is 7.55. The standard InChI is InChI=1S/C19H15FN2O3/c20-14-8-6-12(7-9-14)15-10-11-16(25-15)19(24)22-17(18(21)23)13-4-2-1-3-5-13/h1-11,17H,(H2,21,23)(H,22,24)/t17-/m1/s1. The number of halogens is 1. The Morgan fingerprint density at radius 3 is 2.28 bits per heavy atom. The van der Waals surface area contributed by atoms with E-state index in [1.807, 2.05) is 0 Å². The van der Waals surface area contributed by atoms with Crippen LogP contribution in [0.2, 0.25) is 0 Å². The van der Waals surface area contributed by atoms with Gasteiger partial charge in [-0.1, -0.05) is 30.3 Å². The van der Waals surface area contributed by atoms with Gasteiger partial charge in [0.05, 0.1) is 0 Å². The number of rotatable bonds is 5. The maximum Gasteiger partial charge on any atom is 0.287 e. The molecule has 3 rings (SSSR count). The molecule has 3 N–H and O–H groups in total. The second-order valence-electron chi connectivity index (χ2n) is 5.39. The zero-order chi connectivity index (χ0) is 17.8. The highest BCUT2D eigenvalue weighted by Gasteiger charge is 2.22. The molecule has 0 unspecified atom stereocenters. The number of hydrogen-bond donors (Lipinski definition) is 2. The van der Waals surface area contributed by atoms with Crippen LogP contribution in [-0.2, 0) is 4.79 Å². The van der Waals surface area contributed by atoms with Crippen molar-refractivity contribution in [1.82, 2.24) is 5.32 Å². The van der Waals surface area contributed by atoms with Crippen LogP contribution in [0.15, 0.2) is 71.1 Å². The molecule has 2 amide bonds. The van der Waals surface area contributed by atoms with Crippen molar-refractivity contribution in [2.75, 3.05) is 0 Å². The van der Waals surface area contributed by atoms with Crippen LogP contribution in [0, 0.1) is 5.82 Å². The minimum absolute atomic E-state index is 0.0292. The van der Waals surface area contributed by atoms with E-state index in [4.69, 9.17) is 10.2 Å². The normalized spacial score (nSPS) is 11.7. The molecule has 0 aliphatic heterocycles. The van der Waals surface area contributed by atoms with Crippen LogP contribution in [0.5, 0.6) is 0 Å². The van der Waals surface area contributed by atoms with Gasteiger partial charge in [0.2, 0.25) is 5.91 Å². The number of carbonyl (C=O) groups is 2. The molecule has 1 aromatic heterocycles.